The van der Waals surface area contributed by atoms with Gasteiger partial charge in [0.1, 0.15) is 4.99 Å². The van der Waals surface area contributed by atoms with E-state index in [0.29, 0.717) is 11.5 Å². The van der Waals surface area contributed by atoms with E-state index in [1.54, 1.807) is 12.1 Å². The molecule has 2 unspecified atom stereocenters. The van der Waals surface area contributed by atoms with Gasteiger partial charge in [-0.25, -0.2) is 0 Å². The number of nitrogens with two attached hydrogens (primary N) is 2. The monoisotopic (exact) mass is 307 g/mol. The van der Waals surface area contributed by atoms with E-state index >= 15 is 0 Å². The number of likely N-dealkylation sites (tertiary alicyclic amines) is 1. The van der Waals surface area contributed by atoms with Crippen molar-refractivity contribution < 1.29 is 9.90 Å². The van der Waals surface area contributed by atoms with E-state index in [9.17, 15) is 9.90 Å². The SMILES string of the molecule is NC(=O)C1CCCCN1CC(O)c1ccc(C(N)=S)cc1. The van der Waals surface area contributed by atoms with Crippen LogP contribution in [0.1, 0.15) is 36.5 Å². The van der Waals surface area contributed by atoms with Gasteiger partial charge in [-0.05, 0) is 24.9 Å². The van der Waals surface area contributed by atoms with Crippen molar-refractivity contribution in [2.24, 2.45) is 11.5 Å². The molecule has 1 amide bonds. The first kappa shape index (κ1) is 15.9. The average Bonchev–Trinajstić information content (AvgIpc) is 2.47. The molecule has 0 radical (unpaired) electrons. The molecule has 0 bridgehead atoms. The van der Waals surface area contributed by atoms with Crippen LogP contribution in [-0.4, -0.2) is 40.0 Å². The fraction of sp³-hybridized carbons (Fsp3) is 0.467. The van der Waals surface area contributed by atoms with Gasteiger partial charge >= 0.3 is 0 Å². The minimum Gasteiger partial charge on any atom is -0.389 e. The second kappa shape index (κ2) is 6.98. The summed E-state index contributed by atoms with van der Waals surface area (Å²) in [6.07, 6.45) is 2.13. The first-order chi connectivity index (χ1) is 9.99. The summed E-state index contributed by atoms with van der Waals surface area (Å²) in [5, 5.41) is 10.3. The molecule has 1 aromatic carbocycles. The first-order valence-electron chi connectivity index (χ1n) is 7.10. The van der Waals surface area contributed by atoms with E-state index in [1.165, 1.54) is 0 Å². The topological polar surface area (TPSA) is 92.6 Å². The Kier molecular flexibility index (Phi) is 5.27. The Labute approximate surface area is 129 Å². The average molecular weight is 307 g/mol. The van der Waals surface area contributed by atoms with Crippen molar-refractivity contribution in [2.75, 3.05) is 13.1 Å². The zero-order valence-electron chi connectivity index (χ0n) is 11.9. The molecule has 1 heterocycles. The number of piperidine rings is 1. The van der Waals surface area contributed by atoms with Gasteiger partial charge < -0.3 is 16.6 Å². The van der Waals surface area contributed by atoms with Crippen molar-refractivity contribution in [3.63, 3.8) is 0 Å². The summed E-state index contributed by atoms with van der Waals surface area (Å²) in [5.74, 6) is -0.314. The molecule has 2 atom stereocenters. The van der Waals surface area contributed by atoms with Gasteiger partial charge in [-0.2, -0.15) is 0 Å². The molecule has 2 rings (SSSR count). The molecule has 0 aromatic heterocycles. The van der Waals surface area contributed by atoms with Crippen LogP contribution in [0.5, 0.6) is 0 Å². The van der Waals surface area contributed by atoms with E-state index in [2.05, 4.69) is 0 Å². The Hall–Kier alpha value is -1.50. The van der Waals surface area contributed by atoms with Crippen LogP contribution in [0.25, 0.3) is 0 Å². The molecule has 1 fully saturated rings. The molecule has 1 saturated heterocycles. The summed E-state index contributed by atoms with van der Waals surface area (Å²) in [7, 11) is 0. The first-order valence-corrected chi connectivity index (χ1v) is 7.51. The largest absolute Gasteiger partial charge is 0.389 e. The second-order valence-corrected chi connectivity index (χ2v) is 5.85. The van der Waals surface area contributed by atoms with Gasteiger partial charge in [0.05, 0.1) is 12.1 Å². The number of thiocarbonyl (C=S) groups is 1. The summed E-state index contributed by atoms with van der Waals surface area (Å²) in [5.41, 5.74) is 12.5. The molecule has 21 heavy (non-hydrogen) atoms. The summed E-state index contributed by atoms with van der Waals surface area (Å²) in [4.78, 5) is 13.8. The summed E-state index contributed by atoms with van der Waals surface area (Å²) in [6.45, 7) is 1.19. The smallest absolute Gasteiger partial charge is 0.234 e. The number of aliphatic hydroxyl groups is 1. The van der Waals surface area contributed by atoms with Gasteiger partial charge in [-0.3, -0.25) is 9.69 Å². The number of amides is 1. The van der Waals surface area contributed by atoms with Crippen LogP contribution in [0, 0.1) is 0 Å². The molecule has 1 aromatic rings. The third-order valence-electron chi connectivity index (χ3n) is 3.93. The Bertz CT molecular complexity index is 518. The lowest BCUT2D eigenvalue weighted by Crippen LogP contribution is -2.49. The van der Waals surface area contributed by atoms with Crippen molar-refractivity contribution in [1.29, 1.82) is 0 Å². The molecule has 0 saturated carbocycles. The number of nitrogens with zero attached hydrogens (tertiary/aromatic N) is 1. The Morgan fingerprint density at radius 2 is 2.00 bits per heavy atom. The molecule has 5 N–H and O–H groups in total. The van der Waals surface area contributed by atoms with Gasteiger partial charge in [0.25, 0.3) is 0 Å². The fourth-order valence-corrected chi connectivity index (χ4v) is 2.86. The van der Waals surface area contributed by atoms with Gasteiger partial charge in [0.2, 0.25) is 5.91 Å². The molecule has 0 aliphatic carbocycles. The van der Waals surface area contributed by atoms with Crippen molar-refractivity contribution in [1.82, 2.24) is 4.90 Å². The maximum Gasteiger partial charge on any atom is 0.234 e. The molecule has 5 nitrogen and oxygen atoms in total. The third kappa shape index (κ3) is 4.00. The minimum absolute atomic E-state index is 0.274. The highest BCUT2D eigenvalue weighted by molar-refractivity contribution is 7.80. The predicted octanol–water partition coefficient (Wildman–Crippen LogP) is 0.694. The molecule has 114 valence electrons. The van der Waals surface area contributed by atoms with E-state index in [1.807, 2.05) is 17.0 Å². The Balaban J connectivity index is 2.04. The number of primary amides is 1. The number of carbonyl (C=O) groups excluding carboxylic acids is 1. The second-order valence-electron chi connectivity index (χ2n) is 5.41. The van der Waals surface area contributed by atoms with Crippen LogP contribution < -0.4 is 11.5 Å². The Morgan fingerprint density at radius 1 is 1.33 bits per heavy atom. The summed E-state index contributed by atoms with van der Waals surface area (Å²) >= 11 is 4.90. The molecule has 1 aliphatic heterocycles. The molecule has 0 spiro atoms. The number of β-amino-alcohol motifs (C(OH)–C–C–N with tert-alkyl or cyclic N) is 1. The van der Waals surface area contributed by atoms with Crippen LogP contribution in [0.4, 0.5) is 0 Å². The van der Waals surface area contributed by atoms with E-state index in [0.717, 1.165) is 36.9 Å². The maximum atomic E-state index is 11.5. The van der Waals surface area contributed by atoms with Gasteiger partial charge in [0.15, 0.2) is 0 Å². The standard InChI is InChI=1S/C15H21N3O2S/c16-14(20)12-3-1-2-8-18(12)9-13(19)10-4-6-11(7-5-10)15(17)21/h4-7,12-13,19H,1-3,8-9H2,(H2,16,20)(H2,17,21). The predicted molar refractivity (Wildman–Crippen MR) is 85.7 cm³/mol. The molecule has 1 aliphatic rings. The lowest BCUT2D eigenvalue weighted by molar-refractivity contribution is -0.125. The number of hydrogen-bond acceptors (Lipinski definition) is 4. The van der Waals surface area contributed by atoms with Crippen LogP contribution in [-0.2, 0) is 4.79 Å². The maximum absolute atomic E-state index is 11.5. The lowest BCUT2D eigenvalue weighted by Gasteiger charge is -2.34. The normalized spacial score (nSPS) is 20.9. The van der Waals surface area contributed by atoms with Crippen LogP contribution in [0.3, 0.4) is 0 Å². The zero-order chi connectivity index (χ0) is 15.4. The highest BCUT2D eigenvalue weighted by Gasteiger charge is 2.28. The number of aliphatic hydroxyl groups excluding tert-OH is 1. The fourth-order valence-electron chi connectivity index (χ4n) is 2.73. The van der Waals surface area contributed by atoms with Gasteiger partial charge in [0, 0.05) is 12.1 Å². The minimum atomic E-state index is -0.662. The summed E-state index contributed by atoms with van der Waals surface area (Å²) in [6, 6.07) is 6.93. The lowest BCUT2D eigenvalue weighted by atomic mass is 9.99. The van der Waals surface area contributed by atoms with Crippen molar-refractivity contribution in [2.45, 2.75) is 31.4 Å². The zero-order valence-corrected chi connectivity index (χ0v) is 12.7. The van der Waals surface area contributed by atoms with Gasteiger partial charge in [-0.15, -0.1) is 0 Å². The highest BCUT2D eigenvalue weighted by Crippen LogP contribution is 2.21. The van der Waals surface area contributed by atoms with E-state index < -0.39 is 6.10 Å². The van der Waals surface area contributed by atoms with Crippen LogP contribution >= 0.6 is 12.2 Å². The van der Waals surface area contributed by atoms with Crippen LogP contribution in [0.2, 0.25) is 0 Å². The third-order valence-corrected chi connectivity index (χ3v) is 4.17. The molecular formula is C15H21N3O2S. The Morgan fingerprint density at radius 3 is 2.57 bits per heavy atom. The quantitative estimate of drug-likeness (QED) is 0.696. The van der Waals surface area contributed by atoms with Crippen LogP contribution in [0.15, 0.2) is 24.3 Å². The van der Waals surface area contributed by atoms with Crippen molar-refractivity contribution >= 4 is 23.1 Å². The number of rotatable bonds is 5. The van der Waals surface area contributed by atoms with E-state index in [4.69, 9.17) is 23.7 Å². The van der Waals surface area contributed by atoms with Crippen molar-refractivity contribution in [3.05, 3.63) is 35.4 Å². The number of carbonyl (C=O) groups is 1. The number of benzene rings is 1. The van der Waals surface area contributed by atoms with Gasteiger partial charge in [-0.1, -0.05) is 42.9 Å². The van der Waals surface area contributed by atoms with E-state index in [-0.39, 0.29) is 11.9 Å². The summed E-state index contributed by atoms with van der Waals surface area (Å²) < 4.78 is 0. The molecule has 6 heteroatoms. The highest BCUT2D eigenvalue weighted by atomic mass is 32.1. The van der Waals surface area contributed by atoms with Crippen molar-refractivity contribution in [3.8, 4) is 0 Å². The molecular weight excluding hydrogens is 286 g/mol. The number of hydrogen-bond donors (Lipinski definition) is 3.